The SMILES string of the molecule is CCCCCCCCCC/C=C\CCCCCCCCCCCCCC(=O)OC(COC(=O)CCCCCCCCCCCCCCCCCCCCCCCCCC)COP(=O)(O)OCC[N+](C)(C)C. The number of ether oxygens (including phenoxy) is 2. The summed E-state index contributed by atoms with van der Waals surface area (Å²) < 4.78 is 34.6. The van der Waals surface area contributed by atoms with Crippen molar-refractivity contribution in [3.05, 3.63) is 12.2 Å². The fraction of sp³-hybridized carbons (Fsp3) is 0.934. The Hall–Kier alpha value is -1.25. The second kappa shape index (κ2) is 53.6. The standard InChI is InChI=1S/C61H120NO8P/c1-6-8-10-12-14-16-18-20-22-24-26-28-30-32-33-35-37-39-41-43-45-47-49-51-53-60(63)67-57-59(58-69-71(65,66)68-56-55-62(3,4)5)70-61(64)54-52-50-48-46-44-42-40-38-36-34-31-29-27-25-23-21-19-17-15-13-11-9-7-2/h25,27,59H,6-24,26,28-58H2,1-5H3/p+1/b27-25-. The summed E-state index contributed by atoms with van der Waals surface area (Å²) in [6.45, 7) is 4.50. The van der Waals surface area contributed by atoms with E-state index in [0.29, 0.717) is 23.9 Å². The van der Waals surface area contributed by atoms with Crippen LogP contribution in [0.3, 0.4) is 0 Å². The van der Waals surface area contributed by atoms with Gasteiger partial charge >= 0.3 is 19.8 Å². The first kappa shape index (κ1) is 69.8. The van der Waals surface area contributed by atoms with E-state index in [1.165, 1.54) is 250 Å². The number of likely N-dealkylation sites (N-methyl/N-ethyl adjacent to an activating group) is 1. The summed E-state index contributed by atoms with van der Waals surface area (Å²) in [5, 5.41) is 0. The largest absolute Gasteiger partial charge is 0.472 e. The summed E-state index contributed by atoms with van der Waals surface area (Å²) in [5.41, 5.74) is 0. The molecule has 2 atom stereocenters. The second-order valence-electron chi connectivity index (χ2n) is 22.5. The third kappa shape index (κ3) is 57.9. The minimum atomic E-state index is -4.38. The lowest BCUT2D eigenvalue weighted by molar-refractivity contribution is -0.870. The van der Waals surface area contributed by atoms with Gasteiger partial charge in [0.2, 0.25) is 0 Å². The molecule has 2 unspecified atom stereocenters. The molecule has 10 heteroatoms. The Morgan fingerprint density at radius 2 is 0.718 bits per heavy atom. The van der Waals surface area contributed by atoms with Crippen LogP contribution in [0.1, 0.15) is 316 Å². The van der Waals surface area contributed by atoms with Gasteiger partial charge in [-0.2, -0.15) is 0 Å². The Morgan fingerprint density at radius 1 is 0.423 bits per heavy atom. The molecule has 0 radical (unpaired) electrons. The van der Waals surface area contributed by atoms with Gasteiger partial charge in [0.05, 0.1) is 27.7 Å². The van der Waals surface area contributed by atoms with Crippen LogP contribution in [0.25, 0.3) is 0 Å². The summed E-state index contributed by atoms with van der Waals surface area (Å²) in [6, 6.07) is 0. The van der Waals surface area contributed by atoms with Crippen molar-refractivity contribution >= 4 is 19.8 Å². The molecule has 0 saturated heterocycles. The van der Waals surface area contributed by atoms with Gasteiger partial charge in [0.15, 0.2) is 6.10 Å². The molecule has 0 aromatic rings. The van der Waals surface area contributed by atoms with Crippen LogP contribution < -0.4 is 0 Å². The van der Waals surface area contributed by atoms with E-state index in [1.54, 1.807) is 0 Å². The third-order valence-corrected chi connectivity index (χ3v) is 15.0. The minimum absolute atomic E-state index is 0.0356. The number of nitrogens with zero attached hydrogens (tertiary/aromatic N) is 1. The lowest BCUT2D eigenvalue weighted by Crippen LogP contribution is -2.37. The molecule has 0 amide bonds. The second-order valence-corrected chi connectivity index (χ2v) is 23.9. The number of carbonyl (C=O) groups is 2. The van der Waals surface area contributed by atoms with Gasteiger partial charge < -0.3 is 18.9 Å². The number of rotatable bonds is 58. The topological polar surface area (TPSA) is 108 Å². The van der Waals surface area contributed by atoms with E-state index < -0.39 is 26.5 Å². The van der Waals surface area contributed by atoms with Crippen LogP contribution in [0, 0.1) is 0 Å². The van der Waals surface area contributed by atoms with E-state index in [1.807, 2.05) is 21.1 Å². The van der Waals surface area contributed by atoms with E-state index in [0.717, 1.165) is 32.1 Å². The molecular weight excluding hydrogens is 906 g/mol. The maximum absolute atomic E-state index is 12.8. The molecule has 0 fully saturated rings. The molecule has 0 aliphatic carbocycles. The molecule has 0 saturated carbocycles. The van der Waals surface area contributed by atoms with Gasteiger partial charge in [-0.05, 0) is 38.5 Å². The van der Waals surface area contributed by atoms with Gasteiger partial charge in [-0.15, -0.1) is 0 Å². The predicted molar refractivity (Wildman–Crippen MR) is 303 cm³/mol. The van der Waals surface area contributed by atoms with Crippen molar-refractivity contribution in [2.45, 2.75) is 322 Å². The zero-order valence-corrected chi connectivity index (χ0v) is 48.9. The van der Waals surface area contributed by atoms with Crippen LogP contribution in [0.5, 0.6) is 0 Å². The molecule has 0 bridgehead atoms. The van der Waals surface area contributed by atoms with Gasteiger partial charge in [-0.3, -0.25) is 18.6 Å². The highest BCUT2D eigenvalue weighted by molar-refractivity contribution is 7.47. The maximum Gasteiger partial charge on any atom is 0.472 e. The van der Waals surface area contributed by atoms with E-state index >= 15 is 0 Å². The van der Waals surface area contributed by atoms with Gasteiger partial charge in [0, 0.05) is 12.8 Å². The monoisotopic (exact) mass is 1030 g/mol. The van der Waals surface area contributed by atoms with E-state index in [-0.39, 0.29) is 25.6 Å². The molecule has 71 heavy (non-hydrogen) atoms. The zero-order valence-electron chi connectivity index (χ0n) is 48.0. The Bertz CT molecular complexity index is 1210. The smallest absolute Gasteiger partial charge is 0.462 e. The molecule has 0 aromatic carbocycles. The van der Waals surface area contributed by atoms with E-state index in [2.05, 4.69) is 26.0 Å². The molecule has 0 rings (SSSR count). The number of phosphoric acid groups is 1. The van der Waals surface area contributed by atoms with Crippen LogP contribution in [0.15, 0.2) is 12.2 Å². The Kier molecular flexibility index (Phi) is 52.6. The number of hydrogen-bond donors (Lipinski definition) is 1. The Morgan fingerprint density at radius 3 is 1.04 bits per heavy atom. The van der Waals surface area contributed by atoms with Crippen molar-refractivity contribution in [2.24, 2.45) is 0 Å². The van der Waals surface area contributed by atoms with Crippen molar-refractivity contribution in [1.29, 1.82) is 0 Å². The average Bonchev–Trinajstić information content (AvgIpc) is 3.33. The van der Waals surface area contributed by atoms with Crippen molar-refractivity contribution in [3.63, 3.8) is 0 Å². The van der Waals surface area contributed by atoms with Crippen molar-refractivity contribution in [2.75, 3.05) is 47.5 Å². The molecule has 9 nitrogen and oxygen atoms in total. The predicted octanol–water partition coefficient (Wildman–Crippen LogP) is 19.2. The van der Waals surface area contributed by atoms with Crippen molar-refractivity contribution in [1.82, 2.24) is 0 Å². The molecule has 422 valence electrons. The zero-order chi connectivity index (χ0) is 52.0. The van der Waals surface area contributed by atoms with Gasteiger partial charge in [0.25, 0.3) is 0 Å². The van der Waals surface area contributed by atoms with E-state index in [9.17, 15) is 19.0 Å². The summed E-state index contributed by atoms with van der Waals surface area (Å²) in [6.07, 6.45) is 62.9. The Labute approximate surface area is 441 Å². The molecule has 0 aromatic heterocycles. The van der Waals surface area contributed by atoms with Crippen LogP contribution in [0.4, 0.5) is 0 Å². The van der Waals surface area contributed by atoms with Crippen LogP contribution in [-0.2, 0) is 32.7 Å². The van der Waals surface area contributed by atoms with Crippen LogP contribution in [0.2, 0.25) is 0 Å². The molecule has 0 heterocycles. The molecular formula is C61H121NO8P+. The van der Waals surface area contributed by atoms with Gasteiger partial charge in [0.1, 0.15) is 19.8 Å². The lowest BCUT2D eigenvalue weighted by atomic mass is 10.0. The van der Waals surface area contributed by atoms with Crippen molar-refractivity contribution < 1.29 is 42.1 Å². The third-order valence-electron chi connectivity index (χ3n) is 14.0. The number of unbranched alkanes of at least 4 members (excludes halogenated alkanes) is 42. The number of allylic oxidation sites excluding steroid dienone is 2. The van der Waals surface area contributed by atoms with Gasteiger partial charge in [-0.25, -0.2) is 4.57 Å². The van der Waals surface area contributed by atoms with Crippen LogP contribution in [-0.4, -0.2) is 74.9 Å². The molecule has 1 N–H and O–H groups in total. The normalized spacial score (nSPS) is 13.3. The fourth-order valence-electron chi connectivity index (χ4n) is 9.25. The molecule has 0 aliphatic rings. The van der Waals surface area contributed by atoms with E-state index in [4.69, 9.17) is 18.5 Å². The number of carbonyl (C=O) groups excluding carboxylic acids is 2. The number of hydrogen-bond acceptors (Lipinski definition) is 7. The number of esters is 2. The summed E-state index contributed by atoms with van der Waals surface area (Å²) in [7, 11) is 1.50. The van der Waals surface area contributed by atoms with Crippen LogP contribution >= 0.6 is 7.82 Å². The maximum atomic E-state index is 12.8. The first-order valence-corrected chi connectivity index (χ1v) is 32.4. The quantitative estimate of drug-likeness (QED) is 0.0211. The first-order chi connectivity index (χ1) is 34.5. The highest BCUT2D eigenvalue weighted by Gasteiger charge is 2.27. The highest BCUT2D eigenvalue weighted by atomic mass is 31.2. The van der Waals surface area contributed by atoms with Gasteiger partial charge in [-0.1, -0.05) is 276 Å². The minimum Gasteiger partial charge on any atom is -0.462 e. The molecule has 0 aliphatic heterocycles. The summed E-state index contributed by atoms with van der Waals surface area (Å²) >= 11 is 0. The number of phosphoric ester groups is 1. The lowest BCUT2D eigenvalue weighted by Gasteiger charge is -2.24. The molecule has 0 spiro atoms. The number of quaternary nitrogens is 1. The summed E-state index contributed by atoms with van der Waals surface area (Å²) in [5.74, 6) is -0.777. The van der Waals surface area contributed by atoms with Crippen molar-refractivity contribution in [3.8, 4) is 0 Å². The Balaban J connectivity index is 4.08. The average molecular weight is 1030 g/mol. The summed E-state index contributed by atoms with van der Waals surface area (Å²) in [4.78, 5) is 35.7. The fourth-order valence-corrected chi connectivity index (χ4v) is 9.99. The first-order valence-electron chi connectivity index (χ1n) is 30.9. The highest BCUT2D eigenvalue weighted by Crippen LogP contribution is 2.43.